The lowest BCUT2D eigenvalue weighted by atomic mass is 10.0. The summed E-state index contributed by atoms with van der Waals surface area (Å²) in [5.41, 5.74) is 2.52. The van der Waals surface area contributed by atoms with Crippen LogP contribution >= 0.6 is 0 Å². The molecule has 1 amide bonds. The van der Waals surface area contributed by atoms with Gasteiger partial charge in [0.1, 0.15) is 5.75 Å². The lowest BCUT2D eigenvalue weighted by Gasteiger charge is -2.11. The average Bonchev–Trinajstić information content (AvgIpc) is 2.52. The second kappa shape index (κ2) is 6.57. The van der Waals surface area contributed by atoms with E-state index in [9.17, 15) is 4.79 Å². The maximum Gasteiger partial charge on any atom is 0.251 e. The summed E-state index contributed by atoms with van der Waals surface area (Å²) in [6.45, 7) is 4.03. The molecule has 3 heteroatoms. The largest absolute Gasteiger partial charge is 0.496 e. The first kappa shape index (κ1) is 13.9. The number of carbonyl (C=O) groups excluding carboxylic acids is 1. The van der Waals surface area contributed by atoms with Crippen molar-refractivity contribution in [3.05, 3.63) is 66.7 Å². The minimum Gasteiger partial charge on any atom is -0.496 e. The van der Waals surface area contributed by atoms with Crippen LogP contribution in [-0.4, -0.2) is 19.6 Å². The fourth-order valence-electron chi connectivity index (χ4n) is 1.96. The first-order valence-electron chi connectivity index (χ1n) is 6.39. The van der Waals surface area contributed by atoms with Gasteiger partial charge in [0.2, 0.25) is 0 Å². The molecule has 0 aliphatic rings. The van der Waals surface area contributed by atoms with E-state index in [0.29, 0.717) is 12.1 Å². The number of nitrogens with one attached hydrogen (secondary N) is 1. The minimum atomic E-state index is -0.121. The molecular weight excluding hydrogens is 250 g/mol. The van der Waals surface area contributed by atoms with Gasteiger partial charge in [-0.3, -0.25) is 4.79 Å². The second-order valence-electron chi connectivity index (χ2n) is 4.28. The van der Waals surface area contributed by atoms with Crippen molar-refractivity contribution in [2.45, 2.75) is 0 Å². The smallest absolute Gasteiger partial charge is 0.251 e. The number of ether oxygens (including phenoxy) is 1. The zero-order chi connectivity index (χ0) is 14.4. The van der Waals surface area contributed by atoms with Gasteiger partial charge in [-0.2, -0.15) is 0 Å². The third-order valence-corrected chi connectivity index (χ3v) is 2.95. The molecule has 0 saturated heterocycles. The maximum absolute atomic E-state index is 12.0. The first-order valence-corrected chi connectivity index (χ1v) is 6.39. The molecule has 3 nitrogen and oxygen atoms in total. The van der Waals surface area contributed by atoms with Gasteiger partial charge < -0.3 is 10.1 Å². The minimum absolute atomic E-state index is 0.121. The van der Waals surface area contributed by atoms with Gasteiger partial charge in [-0.1, -0.05) is 36.4 Å². The predicted octanol–water partition coefficient (Wildman–Crippen LogP) is 3.28. The lowest BCUT2D eigenvalue weighted by Crippen LogP contribution is -2.23. The molecule has 2 aromatic carbocycles. The SMILES string of the molecule is C=CCNC(=O)c1ccc(OC)c(-c2ccccc2)c1. The summed E-state index contributed by atoms with van der Waals surface area (Å²) in [5.74, 6) is 0.626. The van der Waals surface area contributed by atoms with Gasteiger partial charge in [-0.25, -0.2) is 0 Å². The molecule has 2 rings (SSSR count). The summed E-state index contributed by atoms with van der Waals surface area (Å²) in [6, 6.07) is 15.3. The van der Waals surface area contributed by atoms with Crippen molar-refractivity contribution in [3.63, 3.8) is 0 Å². The molecule has 0 saturated carbocycles. The Balaban J connectivity index is 2.39. The molecule has 0 aromatic heterocycles. The highest BCUT2D eigenvalue weighted by molar-refractivity contribution is 5.96. The Morgan fingerprint density at radius 1 is 1.25 bits per heavy atom. The van der Waals surface area contributed by atoms with Crippen molar-refractivity contribution in [3.8, 4) is 16.9 Å². The van der Waals surface area contributed by atoms with Crippen molar-refractivity contribution in [2.24, 2.45) is 0 Å². The number of rotatable bonds is 5. The van der Waals surface area contributed by atoms with E-state index < -0.39 is 0 Å². The van der Waals surface area contributed by atoms with Crippen molar-refractivity contribution in [1.29, 1.82) is 0 Å². The molecule has 0 heterocycles. The van der Waals surface area contributed by atoms with Crippen molar-refractivity contribution < 1.29 is 9.53 Å². The zero-order valence-corrected chi connectivity index (χ0v) is 11.4. The van der Waals surface area contributed by atoms with Crippen LogP contribution in [-0.2, 0) is 0 Å². The van der Waals surface area contributed by atoms with E-state index in [-0.39, 0.29) is 5.91 Å². The molecule has 0 unspecified atom stereocenters. The first-order chi connectivity index (χ1) is 9.76. The molecular formula is C17H17NO2. The fourth-order valence-corrected chi connectivity index (χ4v) is 1.96. The molecule has 0 aliphatic heterocycles. The summed E-state index contributed by atoms with van der Waals surface area (Å²) in [5, 5.41) is 2.77. The van der Waals surface area contributed by atoms with E-state index in [1.165, 1.54) is 0 Å². The van der Waals surface area contributed by atoms with Crippen LogP contribution in [0.3, 0.4) is 0 Å². The lowest BCUT2D eigenvalue weighted by molar-refractivity contribution is 0.0958. The Bertz CT molecular complexity index is 606. The zero-order valence-electron chi connectivity index (χ0n) is 11.4. The van der Waals surface area contributed by atoms with Gasteiger partial charge in [-0.15, -0.1) is 6.58 Å². The summed E-state index contributed by atoms with van der Waals surface area (Å²) >= 11 is 0. The Hall–Kier alpha value is -2.55. The van der Waals surface area contributed by atoms with Crippen LogP contribution in [0, 0.1) is 0 Å². The van der Waals surface area contributed by atoms with Gasteiger partial charge in [0, 0.05) is 17.7 Å². The number of hydrogen-bond acceptors (Lipinski definition) is 2. The Kier molecular flexibility index (Phi) is 4.56. The number of hydrogen-bond donors (Lipinski definition) is 1. The molecule has 1 N–H and O–H groups in total. The number of carbonyl (C=O) groups is 1. The highest BCUT2D eigenvalue weighted by Gasteiger charge is 2.10. The normalized spacial score (nSPS) is 9.85. The van der Waals surface area contributed by atoms with E-state index in [1.807, 2.05) is 42.5 Å². The van der Waals surface area contributed by atoms with E-state index in [4.69, 9.17) is 4.74 Å². The average molecular weight is 267 g/mol. The van der Waals surface area contributed by atoms with E-state index in [0.717, 1.165) is 16.9 Å². The van der Waals surface area contributed by atoms with Crippen LogP contribution in [0.5, 0.6) is 5.75 Å². The number of amides is 1. The standard InChI is InChI=1S/C17H17NO2/c1-3-11-18-17(19)14-9-10-16(20-2)15(12-14)13-7-5-4-6-8-13/h3-10,12H,1,11H2,2H3,(H,18,19). The summed E-state index contributed by atoms with van der Waals surface area (Å²) in [7, 11) is 1.62. The maximum atomic E-state index is 12.0. The quantitative estimate of drug-likeness (QED) is 0.844. The van der Waals surface area contributed by atoms with Crippen LogP contribution in [0.15, 0.2) is 61.2 Å². The molecule has 0 radical (unpaired) electrons. The monoisotopic (exact) mass is 267 g/mol. The van der Waals surface area contributed by atoms with Crippen molar-refractivity contribution in [2.75, 3.05) is 13.7 Å². The van der Waals surface area contributed by atoms with Gasteiger partial charge in [0.15, 0.2) is 0 Å². The van der Waals surface area contributed by atoms with E-state index in [2.05, 4.69) is 11.9 Å². The van der Waals surface area contributed by atoms with Gasteiger partial charge >= 0.3 is 0 Å². The highest BCUT2D eigenvalue weighted by Crippen LogP contribution is 2.30. The van der Waals surface area contributed by atoms with Gasteiger partial charge in [-0.05, 0) is 23.8 Å². The van der Waals surface area contributed by atoms with Crippen molar-refractivity contribution in [1.82, 2.24) is 5.32 Å². The molecule has 102 valence electrons. The van der Waals surface area contributed by atoms with Crippen LogP contribution in [0.1, 0.15) is 10.4 Å². The molecule has 0 fully saturated rings. The molecule has 2 aromatic rings. The second-order valence-corrected chi connectivity index (χ2v) is 4.28. The third kappa shape index (κ3) is 3.06. The van der Waals surface area contributed by atoms with Gasteiger partial charge in [0.05, 0.1) is 7.11 Å². The highest BCUT2D eigenvalue weighted by atomic mass is 16.5. The molecule has 0 spiro atoms. The Morgan fingerprint density at radius 3 is 2.65 bits per heavy atom. The van der Waals surface area contributed by atoms with E-state index >= 15 is 0 Å². The summed E-state index contributed by atoms with van der Waals surface area (Å²) < 4.78 is 5.37. The summed E-state index contributed by atoms with van der Waals surface area (Å²) in [6.07, 6.45) is 1.65. The van der Waals surface area contributed by atoms with Crippen molar-refractivity contribution >= 4 is 5.91 Å². The van der Waals surface area contributed by atoms with Gasteiger partial charge in [0.25, 0.3) is 5.91 Å². The van der Waals surface area contributed by atoms with Crippen LogP contribution < -0.4 is 10.1 Å². The summed E-state index contributed by atoms with van der Waals surface area (Å²) in [4.78, 5) is 12.0. The molecule has 0 bridgehead atoms. The van der Waals surface area contributed by atoms with E-state index in [1.54, 1.807) is 19.3 Å². The van der Waals surface area contributed by atoms with Crippen LogP contribution in [0.2, 0.25) is 0 Å². The molecule has 20 heavy (non-hydrogen) atoms. The fraction of sp³-hybridized carbons (Fsp3) is 0.118. The van der Waals surface area contributed by atoms with Crippen LogP contribution in [0.25, 0.3) is 11.1 Å². The molecule has 0 aliphatic carbocycles. The number of methoxy groups -OCH3 is 1. The van der Waals surface area contributed by atoms with Crippen LogP contribution in [0.4, 0.5) is 0 Å². The topological polar surface area (TPSA) is 38.3 Å². The molecule has 0 atom stereocenters. The Labute approximate surface area is 118 Å². The third-order valence-electron chi connectivity index (χ3n) is 2.95. The predicted molar refractivity (Wildman–Crippen MR) is 81.0 cm³/mol. The number of benzene rings is 2. The Morgan fingerprint density at radius 2 is 2.00 bits per heavy atom.